The van der Waals surface area contributed by atoms with E-state index in [1.807, 2.05) is 20.8 Å². The zero-order valence-corrected chi connectivity index (χ0v) is 54.2. The molecular formula is C84H96O2. The molecule has 8 aromatic carbocycles. The fourth-order valence-electron chi connectivity index (χ4n) is 16.9. The Hall–Kier alpha value is -6.77. The Morgan fingerprint density at radius 3 is 1.16 bits per heavy atom. The third kappa shape index (κ3) is 10.4. The molecule has 1 unspecified atom stereocenters. The Labute approximate surface area is 517 Å². The molecule has 0 saturated carbocycles. The molecule has 4 aliphatic rings. The standard InChI is InChI=1S/C84H96O2/c1-12-14-16-18-20-26-46-82(47-27-21-19-17-15-13-2)72-52-59(61-37-44-66-63-29-24-25-30-71(63)83(74(66)54-61,80(6,7)8)48-28-22-23-31-79(85)86-81(9,10)11)35-42-64(72)65-43-36-60(53-73(65)82)62-38-45-70-69-41-34-58(5)51-77(69)84(78(70)55-62)75-49-56(3)32-39-67(75)68-40-33-57(4)50-76(68)84/h24-25,29-30,32-45,49-55H,12-23,26-28,31,46-48H2,1-11H3. The predicted octanol–water partition coefficient (Wildman–Crippen LogP) is 23.7. The van der Waals surface area contributed by atoms with E-state index < -0.39 is 11.0 Å². The van der Waals surface area contributed by atoms with E-state index >= 15 is 0 Å². The van der Waals surface area contributed by atoms with Crippen molar-refractivity contribution in [3.05, 3.63) is 213 Å². The van der Waals surface area contributed by atoms with Gasteiger partial charge in [-0.1, -0.05) is 269 Å². The van der Waals surface area contributed by atoms with Gasteiger partial charge in [-0.05, 0) is 208 Å². The minimum atomic E-state index is -0.462. The molecule has 0 N–H and O–H groups in total. The molecule has 2 heteroatoms. The smallest absolute Gasteiger partial charge is 0.306 e. The number of fused-ring (bicyclic) bond motifs is 16. The molecule has 1 atom stereocenters. The number of aryl methyl sites for hydroxylation is 3. The van der Waals surface area contributed by atoms with E-state index in [2.05, 4.69) is 207 Å². The van der Waals surface area contributed by atoms with Crippen LogP contribution >= 0.6 is 0 Å². The van der Waals surface area contributed by atoms with Crippen molar-refractivity contribution in [2.24, 2.45) is 5.41 Å². The van der Waals surface area contributed by atoms with E-state index in [0.29, 0.717) is 6.42 Å². The van der Waals surface area contributed by atoms with Gasteiger partial charge in [0.25, 0.3) is 0 Å². The molecule has 2 nitrogen and oxygen atoms in total. The molecule has 8 aromatic rings. The van der Waals surface area contributed by atoms with Crippen LogP contribution < -0.4 is 0 Å². The minimum absolute atomic E-state index is 0.0641. The highest BCUT2D eigenvalue weighted by atomic mass is 16.6. The van der Waals surface area contributed by atoms with Crippen molar-refractivity contribution in [3.63, 3.8) is 0 Å². The van der Waals surface area contributed by atoms with Crippen molar-refractivity contribution < 1.29 is 9.53 Å². The first-order valence-corrected chi connectivity index (χ1v) is 33.7. The van der Waals surface area contributed by atoms with E-state index in [9.17, 15) is 4.79 Å². The molecule has 86 heavy (non-hydrogen) atoms. The normalized spacial score (nSPS) is 16.1. The molecule has 444 valence electrons. The van der Waals surface area contributed by atoms with Gasteiger partial charge >= 0.3 is 5.97 Å². The third-order valence-corrected chi connectivity index (χ3v) is 21.0. The second-order valence-electron chi connectivity index (χ2n) is 28.9. The number of unbranched alkanes of at least 4 members (excludes halogenated alkanes) is 12. The van der Waals surface area contributed by atoms with Gasteiger partial charge in [0.15, 0.2) is 0 Å². The average Bonchev–Trinajstić information content (AvgIpc) is 1.59. The number of hydrogen-bond donors (Lipinski definition) is 0. The van der Waals surface area contributed by atoms with Crippen LogP contribution in [0.4, 0.5) is 0 Å². The first-order valence-electron chi connectivity index (χ1n) is 33.7. The van der Waals surface area contributed by atoms with E-state index in [4.69, 9.17) is 4.74 Å². The number of ether oxygens (including phenoxy) is 1. The summed E-state index contributed by atoms with van der Waals surface area (Å²) >= 11 is 0. The summed E-state index contributed by atoms with van der Waals surface area (Å²) < 4.78 is 5.72. The Bertz CT molecular complexity index is 3760. The van der Waals surface area contributed by atoms with Crippen LogP contribution in [0, 0.1) is 26.2 Å². The van der Waals surface area contributed by atoms with Crippen LogP contribution in [0.2, 0.25) is 0 Å². The van der Waals surface area contributed by atoms with Crippen molar-refractivity contribution in [3.8, 4) is 66.8 Å². The lowest BCUT2D eigenvalue weighted by Gasteiger charge is -2.44. The molecule has 0 radical (unpaired) electrons. The summed E-state index contributed by atoms with van der Waals surface area (Å²) in [6.07, 6.45) is 22.1. The van der Waals surface area contributed by atoms with Crippen LogP contribution in [-0.4, -0.2) is 11.6 Å². The molecule has 0 aliphatic heterocycles. The maximum Gasteiger partial charge on any atom is 0.306 e. The van der Waals surface area contributed by atoms with Gasteiger partial charge in [0.05, 0.1) is 5.41 Å². The zero-order valence-electron chi connectivity index (χ0n) is 54.2. The molecule has 12 rings (SSSR count). The highest BCUT2D eigenvalue weighted by Gasteiger charge is 2.53. The summed E-state index contributed by atoms with van der Waals surface area (Å²) in [5.74, 6) is -0.0912. The number of carbonyl (C=O) groups excluding carboxylic acids is 1. The van der Waals surface area contributed by atoms with Gasteiger partial charge in [0.1, 0.15) is 5.60 Å². The molecule has 0 amide bonds. The van der Waals surface area contributed by atoms with E-state index in [0.717, 1.165) is 38.5 Å². The fourth-order valence-corrected chi connectivity index (χ4v) is 16.9. The lowest BCUT2D eigenvalue weighted by atomic mass is 9.58. The Balaban J connectivity index is 0.972. The summed E-state index contributed by atoms with van der Waals surface area (Å²) in [4.78, 5) is 12.8. The van der Waals surface area contributed by atoms with E-state index in [1.54, 1.807) is 11.1 Å². The topological polar surface area (TPSA) is 26.3 Å². The molecule has 0 heterocycles. The van der Waals surface area contributed by atoms with Crippen LogP contribution in [0.15, 0.2) is 152 Å². The van der Waals surface area contributed by atoms with Crippen molar-refractivity contribution in [1.82, 2.24) is 0 Å². The largest absolute Gasteiger partial charge is 0.460 e. The Morgan fingerprint density at radius 1 is 0.360 bits per heavy atom. The first-order chi connectivity index (χ1) is 41.4. The molecule has 0 aromatic heterocycles. The number of rotatable bonds is 22. The van der Waals surface area contributed by atoms with Gasteiger partial charge in [-0.25, -0.2) is 0 Å². The number of esters is 1. The SMILES string of the molecule is CCCCCCCCC1(CCCCCCCC)c2cc(-c3ccc4c(c3)C3(c5cc(C)ccc5-c5ccc(C)cc53)c3cc(C)ccc3-4)ccc2-c2ccc(-c3ccc4c(c3)C(CCCCCC(=O)OC(C)(C)C)(C(C)(C)C)c3ccccc3-4)cc21. The monoisotopic (exact) mass is 1140 g/mol. The summed E-state index contributed by atoms with van der Waals surface area (Å²) in [5, 5.41) is 0. The molecule has 0 fully saturated rings. The highest BCUT2D eigenvalue weighted by molar-refractivity contribution is 5.97. The first kappa shape index (κ1) is 59.6. The van der Waals surface area contributed by atoms with Gasteiger partial charge in [-0.15, -0.1) is 0 Å². The predicted molar refractivity (Wildman–Crippen MR) is 365 cm³/mol. The maximum absolute atomic E-state index is 12.8. The highest BCUT2D eigenvalue weighted by Crippen LogP contribution is 2.65. The summed E-state index contributed by atoms with van der Waals surface area (Å²) in [5.41, 5.74) is 30.7. The number of hydrogen-bond acceptors (Lipinski definition) is 2. The molecule has 1 spiro atoms. The van der Waals surface area contributed by atoms with E-state index in [-0.39, 0.29) is 22.2 Å². The molecule has 0 saturated heterocycles. The van der Waals surface area contributed by atoms with Gasteiger partial charge in [0, 0.05) is 17.3 Å². The second kappa shape index (κ2) is 23.7. The fraction of sp³-hybridized carbons (Fsp3) is 0.417. The van der Waals surface area contributed by atoms with Gasteiger partial charge < -0.3 is 4.74 Å². The van der Waals surface area contributed by atoms with E-state index in [1.165, 1.54) is 194 Å². The number of benzene rings is 8. The van der Waals surface area contributed by atoms with Crippen LogP contribution in [0.25, 0.3) is 66.8 Å². The minimum Gasteiger partial charge on any atom is -0.460 e. The van der Waals surface area contributed by atoms with Gasteiger partial charge in [-0.2, -0.15) is 0 Å². The van der Waals surface area contributed by atoms with Crippen LogP contribution in [-0.2, 0) is 25.8 Å². The quantitative estimate of drug-likeness (QED) is 0.0499. The summed E-state index contributed by atoms with van der Waals surface area (Å²) in [6.45, 7) is 24.7. The van der Waals surface area contributed by atoms with Crippen molar-refractivity contribution in [2.75, 3.05) is 0 Å². The zero-order chi connectivity index (χ0) is 60.2. The Morgan fingerprint density at radius 2 is 0.709 bits per heavy atom. The van der Waals surface area contributed by atoms with Crippen LogP contribution in [0.1, 0.15) is 239 Å². The average molecular weight is 1140 g/mol. The number of carbonyl (C=O) groups is 1. The van der Waals surface area contributed by atoms with Crippen molar-refractivity contribution in [1.29, 1.82) is 0 Å². The second-order valence-corrected chi connectivity index (χ2v) is 28.9. The summed E-state index contributed by atoms with van der Waals surface area (Å²) in [6, 6.07) is 61.3. The van der Waals surface area contributed by atoms with Crippen molar-refractivity contribution >= 4 is 5.97 Å². The third-order valence-electron chi connectivity index (χ3n) is 21.0. The van der Waals surface area contributed by atoms with Crippen molar-refractivity contribution in [2.45, 2.75) is 220 Å². The summed E-state index contributed by atoms with van der Waals surface area (Å²) in [7, 11) is 0. The molecule has 0 bridgehead atoms. The van der Waals surface area contributed by atoms with Gasteiger partial charge in [-0.3, -0.25) is 4.79 Å². The maximum atomic E-state index is 12.8. The lowest BCUT2D eigenvalue weighted by Crippen LogP contribution is -2.39. The van der Waals surface area contributed by atoms with Gasteiger partial charge in [0.2, 0.25) is 0 Å². The lowest BCUT2D eigenvalue weighted by molar-refractivity contribution is -0.154. The molecule has 4 aliphatic carbocycles. The van der Waals surface area contributed by atoms with Crippen LogP contribution in [0.3, 0.4) is 0 Å². The Kier molecular flexibility index (Phi) is 16.4. The van der Waals surface area contributed by atoms with Crippen LogP contribution in [0.5, 0.6) is 0 Å². The molecular weight excluding hydrogens is 1040 g/mol.